The summed E-state index contributed by atoms with van der Waals surface area (Å²) in [5.41, 5.74) is 3.39. The second-order valence-corrected chi connectivity index (χ2v) is 4.00. The van der Waals surface area contributed by atoms with Crippen molar-refractivity contribution in [2.75, 3.05) is 12.0 Å². The van der Waals surface area contributed by atoms with Crippen molar-refractivity contribution >= 4 is 40.1 Å². The summed E-state index contributed by atoms with van der Waals surface area (Å²) in [5, 5.41) is 0.915. The molecule has 1 aromatic heterocycles. The molecule has 0 unspecified atom stereocenters. The topological polar surface area (TPSA) is 73.1 Å². The fraction of sp³-hybridized carbons (Fsp3) is 0.200. The molecule has 2 rings (SSSR count). The Morgan fingerprint density at radius 3 is 2.35 bits per heavy atom. The number of hydrogen-bond donors (Lipinski definition) is 2. The Morgan fingerprint density at radius 1 is 1.24 bits per heavy atom. The van der Waals surface area contributed by atoms with E-state index in [1.807, 2.05) is 6.92 Å². The maximum Gasteiger partial charge on any atom is 0.259 e. The quantitative estimate of drug-likeness (QED) is 0.664. The number of halogens is 2. The van der Waals surface area contributed by atoms with Crippen LogP contribution in [-0.4, -0.2) is 16.6 Å². The summed E-state index contributed by atoms with van der Waals surface area (Å²) in [6.07, 6.45) is 0. The summed E-state index contributed by atoms with van der Waals surface area (Å²) < 4.78 is 5.31. The standard InChI is InChI=1S/C10H10Cl2N4O/c1-2-17-10-9(16-13)14-7-5(11)3-4-6(12)8(7)15-10/h3-4H,2,13H2,1H3,(H,14,16). The van der Waals surface area contributed by atoms with Gasteiger partial charge in [0.05, 0.1) is 16.7 Å². The van der Waals surface area contributed by atoms with Crippen molar-refractivity contribution in [1.29, 1.82) is 0 Å². The van der Waals surface area contributed by atoms with Crippen molar-refractivity contribution in [3.05, 3.63) is 22.2 Å². The molecule has 5 nitrogen and oxygen atoms in total. The van der Waals surface area contributed by atoms with Crippen molar-refractivity contribution in [3.8, 4) is 5.88 Å². The lowest BCUT2D eigenvalue weighted by Gasteiger charge is -2.10. The van der Waals surface area contributed by atoms with Gasteiger partial charge in [0.2, 0.25) is 5.82 Å². The lowest BCUT2D eigenvalue weighted by atomic mass is 10.3. The summed E-state index contributed by atoms with van der Waals surface area (Å²) in [7, 11) is 0. The molecular formula is C10H10Cl2N4O. The van der Waals surface area contributed by atoms with E-state index in [-0.39, 0.29) is 0 Å². The SMILES string of the molecule is CCOc1nc2c(Cl)ccc(Cl)c2nc1NN. The summed E-state index contributed by atoms with van der Waals surface area (Å²) in [5.74, 6) is 5.97. The number of nitrogens with one attached hydrogen (secondary N) is 1. The molecule has 0 aliphatic rings. The summed E-state index contributed by atoms with van der Waals surface area (Å²) >= 11 is 12.0. The van der Waals surface area contributed by atoms with Crippen LogP contribution in [0.2, 0.25) is 10.0 Å². The highest BCUT2D eigenvalue weighted by atomic mass is 35.5. The van der Waals surface area contributed by atoms with Gasteiger partial charge in [-0.3, -0.25) is 0 Å². The molecule has 0 atom stereocenters. The largest absolute Gasteiger partial charge is 0.475 e. The minimum Gasteiger partial charge on any atom is -0.475 e. The average molecular weight is 273 g/mol. The third-order valence-corrected chi connectivity index (χ3v) is 2.72. The fourth-order valence-electron chi connectivity index (χ4n) is 1.39. The first-order chi connectivity index (χ1) is 8.17. The molecule has 3 N–H and O–H groups in total. The highest BCUT2D eigenvalue weighted by Gasteiger charge is 2.13. The van der Waals surface area contributed by atoms with E-state index in [1.165, 1.54) is 0 Å². The number of nitrogens with two attached hydrogens (primary N) is 1. The van der Waals surface area contributed by atoms with Gasteiger partial charge in [-0.1, -0.05) is 23.2 Å². The van der Waals surface area contributed by atoms with Gasteiger partial charge in [-0.2, -0.15) is 0 Å². The van der Waals surface area contributed by atoms with Crippen LogP contribution in [-0.2, 0) is 0 Å². The lowest BCUT2D eigenvalue weighted by Crippen LogP contribution is -2.12. The minimum atomic E-state index is 0.298. The van der Waals surface area contributed by atoms with Crippen LogP contribution in [0, 0.1) is 0 Å². The van der Waals surface area contributed by atoms with Crippen LogP contribution in [0.5, 0.6) is 5.88 Å². The van der Waals surface area contributed by atoms with E-state index in [0.29, 0.717) is 39.4 Å². The number of ether oxygens (including phenoxy) is 1. The van der Waals surface area contributed by atoms with Crippen LogP contribution in [0.25, 0.3) is 11.0 Å². The van der Waals surface area contributed by atoms with Gasteiger partial charge in [0.15, 0.2) is 0 Å². The Hall–Kier alpha value is -1.30. The Kier molecular flexibility index (Phi) is 3.51. The van der Waals surface area contributed by atoms with E-state index in [2.05, 4.69) is 15.4 Å². The molecule has 0 amide bonds. The van der Waals surface area contributed by atoms with Gasteiger partial charge < -0.3 is 10.2 Å². The number of rotatable bonds is 3. The molecular weight excluding hydrogens is 263 g/mol. The van der Waals surface area contributed by atoms with E-state index >= 15 is 0 Å². The van der Waals surface area contributed by atoms with Gasteiger partial charge in [-0.15, -0.1) is 0 Å². The van der Waals surface area contributed by atoms with Crippen LogP contribution in [0.1, 0.15) is 6.92 Å². The molecule has 0 spiro atoms. The Morgan fingerprint density at radius 2 is 1.82 bits per heavy atom. The first kappa shape index (κ1) is 12.2. The maximum atomic E-state index is 6.03. The van der Waals surface area contributed by atoms with Crippen LogP contribution in [0.15, 0.2) is 12.1 Å². The summed E-state index contributed by atoms with van der Waals surface area (Å²) in [6.45, 7) is 2.29. The zero-order chi connectivity index (χ0) is 12.4. The van der Waals surface area contributed by atoms with Crippen molar-refractivity contribution in [1.82, 2.24) is 9.97 Å². The molecule has 0 fully saturated rings. The van der Waals surface area contributed by atoms with Crippen molar-refractivity contribution in [2.45, 2.75) is 6.92 Å². The lowest BCUT2D eigenvalue weighted by molar-refractivity contribution is 0.328. The van der Waals surface area contributed by atoms with Crippen LogP contribution < -0.4 is 16.0 Å². The van der Waals surface area contributed by atoms with E-state index in [0.717, 1.165) is 0 Å². The maximum absolute atomic E-state index is 6.03. The Balaban J connectivity index is 2.73. The summed E-state index contributed by atoms with van der Waals surface area (Å²) in [4.78, 5) is 8.49. The van der Waals surface area contributed by atoms with Gasteiger partial charge in [0.25, 0.3) is 5.88 Å². The van der Waals surface area contributed by atoms with Crippen LogP contribution in [0.4, 0.5) is 5.82 Å². The Bertz CT molecular complexity index is 561. The molecule has 0 aliphatic heterocycles. The molecule has 1 aromatic carbocycles. The highest BCUT2D eigenvalue weighted by molar-refractivity contribution is 6.39. The number of hydrogen-bond acceptors (Lipinski definition) is 5. The van der Waals surface area contributed by atoms with Gasteiger partial charge in [-0.25, -0.2) is 15.8 Å². The second-order valence-electron chi connectivity index (χ2n) is 3.18. The number of benzene rings is 1. The van der Waals surface area contributed by atoms with Crippen molar-refractivity contribution in [3.63, 3.8) is 0 Å². The van der Waals surface area contributed by atoms with Crippen molar-refractivity contribution in [2.24, 2.45) is 5.84 Å². The zero-order valence-electron chi connectivity index (χ0n) is 9.00. The molecule has 1 heterocycles. The molecule has 7 heteroatoms. The third-order valence-electron chi connectivity index (χ3n) is 2.11. The van der Waals surface area contributed by atoms with Gasteiger partial charge in [0.1, 0.15) is 11.0 Å². The normalized spacial score (nSPS) is 10.6. The van der Waals surface area contributed by atoms with Gasteiger partial charge in [-0.05, 0) is 19.1 Å². The number of nitrogens with zero attached hydrogens (tertiary/aromatic N) is 2. The van der Waals surface area contributed by atoms with Gasteiger partial charge >= 0.3 is 0 Å². The monoisotopic (exact) mass is 272 g/mol. The van der Waals surface area contributed by atoms with Crippen molar-refractivity contribution < 1.29 is 4.74 Å². The van der Waals surface area contributed by atoms with Crippen LogP contribution >= 0.6 is 23.2 Å². The van der Waals surface area contributed by atoms with E-state index in [4.69, 9.17) is 33.8 Å². The van der Waals surface area contributed by atoms with E-state index in [1.54, 1.807) is 12.1 Å². The summed E-state index contributed by atoms with van der Waals surface area (Å²) in [6, 6.07) is 3.31. The predicted molar refractivity (Wildman–Crippen MR) is 68.5 cm³/mol. The fourth-order valence-corrected chi connectivity index (χ4v) is 1.78. The number of hydrazine groups is 1. The predicted octanol–water partition coefficient (Wildman–Crippen LogP) is 2.62. The third kappa shape index (κ3) is 2.22. The molecule has 17 heavy (non-hydrogen) atoms. The van der Waals surface area contributed by atoms with E-state index < -0.39 is 0 Å². The molecule has 90 valence electrons. The first-order valence-electron chi connectivity index (χ1n) is 4.92. The smallest absolute Gasteiger partial charge is 0.259 e. The average Bonchev–Trinajstić information content (AvgIpc) is 2.34. The Labute approximate surface area is 108 Å². The number of aromatic nitrogens is 2. The van der Waals surface area contributed by atoms with E-state index in [9.17, 15) is 0 Å². The molecule has 0 radical (unpaired) electrons. The number of nitrogen functional groups attached to an aromatic ring is 1. The molecule has 0 saturated heterocycles. The minimum absolute atomic E-state index is 0.298. The van der Waals surface area contributed by atoms with Gasteiger partial charge in [0, 0.05) is 0 Å². The number of fused-ring (bicyclic) bond motifs is 1. The first-order valence-corrected chi connectivity index (χ1v) is 5.68. The molecule has 0 bridgehead atoms. The number of anilines is 1. The highest BCUT2D eigenvalue weighted by Crippen LogP contribution is 2.31. The zero-order valence-corrected chi connectivity index (χ0v) is 10.5. The molecule has 0 aliphatic carbocycles. The molecule has 2 aromatic rings. The molecule has 0 saturated carbocycles. The van der Waals surface area contributed by atoms with Crippen LogP contribution in [0.3, 0.4) is 0 Å². The second kappa shape index (κ2) is 4.91.